The molecule has 0 saturated carbocycles. The second kappa shape index (κ2) is 12.6. The van der Waals surface area contributed by atoms with Crippen molar-refractivity contribution in [3.63, 3.8) is 0 Å². The zero-order valence-corrected chi connectivity index (χ0v) is 25.0. The van der Waals surface area contributed by atoms with Gasteiger partial charge >= 0.3 is 13.3 Å². The third kappa shape index (κ3) is 7.46. The molecule has 0 atom stereocenters. The van der Waals surface area contributed by atoms with E-state index in [1.807, 2.05) is 48.5 Å². The number of rotatable bonds is 6. The monoisotopic (exact) mass is 561 g/mol. The van der Waals surface area contributed by atoms with E-state index in [0.29, 0.717) is 23.1 Å². The van der Waals surface area contributed by atoms with Crippen molar-refractivity contribution in [3.05, 3.63) is 58.7 Å². The molecule has 2 saturated heterocycles. The fourth-order valence-corrected chi connectivity index (χ4v) is 4.75. The van der Waals surface area contributed by atoms with Gasteiger partial charge < -0.3 is 19.5 Å². The molecular weight excluding hydrogens is 518 g/mol. The highest BCUT2D eigenvalue weighted by Gasteiger charge is 2.52. The van der Waals surface area contributed by atoms with Crippen LogP contribution in [0.2, 0.25) is 0 Å². The molecule has 2 fully saturated rings. The summed E-state index contributed by atoms with van der Waals surface area (Å²) in [5.74, 6) is -0.496. The number of benzene rings is 2. The number of hydrogen-bond donors (Lipinski definition) is 1. The molecule has 220 valence electrons. The second-order valence-electron chi connectivity index (χ2n) is 11.2. The quantitative estimate of drug-likeness (QED) is 0.457. The Hall–Kier alpha value is -2.40. The predicted molar refractivity (Wildman–Crippen MR) is 155 cm³/mol. The number of halogens is 3. The minimum absolute atomic E-state index is 0.116. The fraction of sp³-hybridized carbons (Fsp3) is 0.567. The average Bonchev–Trinajstić information content (AvgIpc) is 3.11. The van der Waals surface area contributed by atoms with Gasteiger partial charge in [0.2, 0.25) is 0 Å². The first-order valence-electron chi connectivity index (χ1n) is 14.1. The van der Waals surface area contributed by atoms with Crippen molar-refractivity contribution < 1.29 is 27.3 Å². The van der Waals surface area contributed by atoms with Gasteiger partial charge in [-0.3, -0.25) is 9.69 Å². The molecule has 2 heterocycles. The molecule has 2 aliphatic heterocycles. The van der Waals surface area contributed by atoms with E-state index < -0.39 is 36.0 Å². The normalized spacial score (nSPS) is 19.2. The molecule has 10 heteroatoms. The highest BCUT2D eigenvalue weighted by Crippen LogP contribution is 2.37. The van der Waals surface area contributed by atoms with Gasteiger partial charge in [0.1, 0.15) is 0 Å². The number of hydrogen-bond acceptors (Lipinski definition) is 5. The molecule has 40 heavy (non-hydrogen) atoms. The molecule has 2 aromatic carbocycles. The van der Waals surface area contributed by atoms with Crippen LogP contribution in [0.15, 0.2) is 36.4 Å². The third-order valence-electron chi connectivity index (χ3n) is 7.94. The molecule has 4 rings (SSSR count). The minimum Gasteiger partial charge on any atom is -0.399 e. The van der Waals surface area contributed by atoms with Crippen LogP contribution in [-0.2, 0) is 22.0 Å². The number of anilines is 1. The van der Waals surface area contributed by atoms with E-state index in [-0.39, 0.29) is 5.69 Å². The van der Waals surface area contributed by atoms with Gasteiger partial charge in [0, 0.05) is 44.0 Å². The van der Waals surface area contributed by atoms with Crippen LogP contribution in [0.4, 0.5) is 18.9 Å². The largest absolute Gasteiger partial charge is 0.495 e. The molecule has 6 nitrogen and oxygen atoms in total. The van der Waals surface area contributed by atoms with Gasteiger partial charge in [-0.15, -0.1) is 0 Å². The summed E-state index contributed by atoms with van der Waals surface area (Å²) in [6.45, 7) is 20.5. The standard InChI is InChI=1S/C28H37BF3N3O3.C2H6/c1-7-34-10-12-35(13-11-34)18-20-14-22(28(30,31)32)17-23(15-20)33-25(36)21-9-8-19(2)24(16-21)29-37-26(3,4)27(5,6)38-29;1-2/h8-9,14-17H,7,10-13,18H2,1-6H3,(H,33,36);1-2H3. The maximum atomic E-state index is 13.7. The summed E-state index contributed by atoms with van der Waals surface area (Å²) in [5, 5.41) is 2.69. The van der Waals surface area contributed by atoms with E-state index in [1.165, 1.54) is 6.07 Å². The smallest absolute Gasteiger partial charge is 0.399 e. The van der Waals surface area contributed by atoms with Gasteiger partial charge in [0.05, 0.1) is 16.8 Å². The van der Waals surface area contributed by atoms with Crippen molar-refractivity contribution in [2.24, 2.45) is 0 Å². The van der Waals surface area contributed by atoms with Gasteiger partial charge in [0.25, 0.3) is 5.91 Å². The average molecular weight is 561 g/mol. The van der Waals surface area contributed by atoms with Crippen LogP contribution in [0.3, 0.4) is 0 Å². The molecule has 2 aliphatic rings. The Kier molecular flexibility index (Phi) is 10.1. The van der Waals surface area contributed by atoms with E-state index >= 15 is 0 Å². The van der Waals surface area contributed by atoms with E-state index in [2.05, 4.69) is 22.0 Å². The van der Waals surface area contributed by atoms with E-state index in [4.69, 9.17) is 9.31 Å². The topological polar surface area (TPSA) is 54.0 Å². The minimum atomic E-state index is -4.52. The summed E-state index contributed by atoms with van der Waals surface area (Å²) >= 11 is 0. The van der Waals surface area contributed by atoms with Crippen LogP contribution < -0.4 is 10.8 Å². The number of amides is 1. The Morgan fingerprint density at radius 1 is 0.950 bits per heavy atom. The first-order valence-corrected chi connectivity index (χ1v) is 14.1. The Labute approximate surface area is 237 Å². The van der Waals surface area contributed by atoms with Gasteiger partial charge in [0.15, 0.2) is 0 Å². The highest BCUT2D eigenvalue weighted by molar-refractivity contribution is 6.62. The fourth-order valence-electron chi connectivity index (χ4n) is 4.75. The zero-order valence-electron chi connectivity index (χ0n) is 25.0. The van der Waals surface area contributed by atoms with Crippen molar-refractivity contribution in [1.29, 1.82) is 0 Å². The first kappa shape index (κ1) is 32.1. The number of aryl methyl sites for hydroxylation is 1. The number of carbonyl (C=O) groups is 1. The third-order valence-corrected chi connectivity index (χ3v) is 7.94. The lowest BCUT2D eigenvalue weighted by molar-refractivity contribution is -0.137. The summed E-state index contributed by atoms with van der Waals surface area (Å²) in [5.41, 5.74) is 0.692. The molecule has 0 aromatic heterocycles. The number of piperazine rings is 1. The van der Waals surface area contributed by atoms with Gasteiger partial charge in [-0.1, -0.05) is 32.4 Å². The van der Waals surface area contributed by atoms with Crippen LogP contribution in [0, 0.1) is 6.92 Å². The summed E-state index contributed by atoms with van der Waals surface area (Å²) in [6.07, 6.45) is -4.52. The van der Waals surface area contributed by atoms with Crippen LogP contribution in [-0.4, -0.2) is 66.8 Å². The number of nitrogens with zero attached hydrogens (tertiary/aromatic N) is 2. The number of nitrogens with one attached hydrogen (secondary N) is 1. The predicted octanol–water partition coefficient (Wildman–Crippen LogP) is 5.73. The molecule has 0 unspecified atom stereocenters. The van der Waals surface area contributed by atoms with Crippen molar-refractivity contribution in [3.8, 4) is 0 Å². The zero-order chi connectivity index (χ0) is 29.9. The number of likely N-dealkylation sites (N-methyl/N-ethyl adjacent to an activating group) is 1. The lowest BCUT2D eigenvalue weighted by Crippen LogP contribution is -2.45. The maximum Gasteiger partial charge on any atom is 0.495 e. The molecule has 1 N–H and O–H groups in total. The summed E-state index contributed by atoms with van der Waals surface area (Å²) < 4.78 is 53.5. The van der Waals surface area contributed by atoms with Crippen LogP contribution in [0.25, 0.3) is 0 Å². The molecule has 1 amide bonds. The lowest BCUT2D eigenvalue weighted by atomic mass is 9.75. The lowest BCUT2D eigenvalue weighted by Gasteiger charge is -2.34. The summed E-state index contributed by atoms with van der Waals surface area (Å²) in [6, 6.07) is 8.92. The first-order chi connectivity index (χ1) is 18.7. The SMILES string of the molecule is CC.CCN1CCN(Cc2cc(NC(=O)c3ccc(C)c(B4OC(C)(C)C(C)(C)O4)c3)cc(C(F)(F)F)c2)CC1. The van der Waals surface area contributed by atoms with E-state index in [0.717, 1.165) is 44.4 Å². The second-order valence-corrected chi connectivity index (χ2v) is 11.2. The van der Waals surface area contributed by atoms with Gasteiger partial charge in [-0.2, -0.15) is 13.2 Å². The van der Waals surface area contributed by atoms with Crippen molar-refractivity contribution in [2.45, 2.75) is 79.3 Å². The molecule has 0 radical (unpaired) electrons. The molecule has 0 bridgehead atoms. The van der Waals surface area contributed by atoms with Crippen molar-refractivity contribution >= 4 is 24.2 Å². The number of carbonyl (C=O) groups excluding carboxylic acids is 1. The van der Waals surface area contributed by atoms with Crippen LogP contribution in [0.1, 0.15) is 75.5 Å². The molecule has 2 aromatic rings. The highest BCUT2D eigenvalue weighted by atomic mass is 19.4. The molecule has 0 spiro atoms. The van der Waals surface area contributed by atoms with Crippen LogP contribution >= 0.6 is 0 Å². The van der Waals surface area contributed by atoms with Crippen molar-refractivity contribution in [1.82, 2.24) is 9.80 Å². The molecule has 0 aliphatic carbocycles. The van der Waals surface area contributed by atoms with Gasteiger partial charge in [-0.05, 0) is 82.5 Å². The summed E-state index contributed by atoms with van der Waals surface area (Å²) in [4.78, 5) is 17.6. The van der Waals surface area contributed by atoms with E-state index in [9.17, 15) is 18.0 Å². The Bertz CT molecular complexity index is 1160. The maximum absolute atomic E-state index is 13.7. The summed E-state index contributed by atoms with van der Waals surface area (Å²) in [7, 11) is -0.652. The van der Waals surface area contributed by atoms with Gasteiger partial charge in [-0.25, -0.2) is 0 Å². The Morgan fingerprint density at radius 2 is 1.52 bits per heavy atom. The van der Waals surface area contributed by atoms with E-state index in [1.54, 1.807) is 24.3 Å². The van der Waals surface area contributed by atoms with Crippen LogP contribution in [0.5, 0.6) is 0 Å². The van der Waals surface area contributed by atoms with Crippen molar-refractivity contribution in [2.75, 3.05) is 38.0 Å². The Morgan fingerprint density at radius 3 is 2.08 bits per heavy atom. The number of alkyl halides is 3. The Balaban J connectivity index is 0.00000216. The molecular formula is C30H43BF3N3O3.